The molecule has 1 rings (SSSR count). The summed E-state index contributed by atoms with van der Waals surface area (Å²) in [6.07, 6.45) is -0.866. The van der Waals surface area contributed by atoms with Crippen LogP contribution < -0.4 is 16.8 Å². The van der Waals surface area contributed by atoms with Crippen molar-refractivity contribution >= 4 is 23.3 Å². The van der Waals surface area contributed by atoms with Gasteiger partial charge in [0.15, 0.2) is 6.10 Å². The van der Waals surface area contributed by atoms with Gasteiger partial charge in [-0.2, -0.15) is 0 Å². The fraction of sp³-hybridized carbons (Fsp3) is 0.273. The molecule has 1 aromatic carbocycles. The second-order valence-electron chi connectivity index (χ2n) is 3.55. The van der Waals surface area contributed by atoms with E-state index in [-0.39, 0.29) is 11.5 Å². The van der Waals surface area contributed by atoms with Crippen molar-refractivity contribution in [1.29, 1.82) is 0 Å². The fourth-order valence-electron chi connectivity index (χ4n) is 1.28. The molecule has 6 nitrogen and oxygen atoms in total. The highest BCUT2D eigenvalue weighted by molar-refractivity contribution is 5.93. The third kappa shape index (κ3) is 3.37. The van der Waals surface area contributed by atoms with Crippen LogP contribution in [0.2, 0.25) is 0 Å². The van der Waals surface area contributed by atoms with E-state index >= 15 is 0 Å². The number of carbonyl (C=O) groups excluding carboxylic acids is 2. The molecule has 0 aromatic heterocycles. The molecule has 0 bridgehead atoms. The monoisotopic (exact) mass is 237 g/mol. The first-order chi connectivity index (χ1) is 7.93. The molecule has 0 fully saturated rings. The summed E-state index contributed by atoms with van der Waals surface area (Å²) in [5.41, 5.74) is 12.0. The van der Waals surface area contributed by atoms with Crippen molar-refractivity contribution in [2.24, 2.45) is 0 Å². The van der Waals surface area contributed by atoms with E-state index < -0.39 is 12.1 Å². The SMILES string of the molecule is CNC(=O)C(C)OC(=O)c1cc(N)cc(N)c1. The normalized spacial score (nSPS) is 11.6. The Kier molecular flexibility index (Phi) is 3.92. The van der Waals surface area contributed by atoms with Gasteiger partial charge >= 0.3 is 5.97 Å². The van der Waals surface area contributed by atoms with Crippen molar-refractivity contribution in [2.75, 3.05) is 18.5 Å². The van der Waals surface area contributed by atoms with Gasteiger partial charge < -0.3 is 21.5 Å². The Morgan fingerprint density at radius 3 is 2.24 bits per heavy atom. The smallest absolute Gasteiger partial charge is 0.339 e. The maximum Gasteiger partial charge on any atom is 0.339 e. The number of hydrogen-bond donors (Lipinski definition) is 3. The van der Waals surface area contributed by atoms with Crippen molar-refractivity contribution in [3.63, 3.8) is 0 Å². The molecule has 0 aliphatic carbocycles. The average Bonchev–Trinajstić information content (AvgIpc) is 2.26. The van der Waals surface area contributed by atoms with Crippen molar-refractivity contribution in [1.82, 2.24) is 5.32 Å². The number of benzene rings is 1. The zero-order valence-corrected chi connectivity index (χ0v) is 9.69. The van der Waals surface area contributed by atoms with Crippen LogP contribution in [0.25, 0.3) is 0 Å². The first-order valence-corrected chi connectivity index (χ1v) is 5.02. The molecule has 17 heavy (non-hydrogen) atoms. The van der Waals surface area contributed by atoms with E-state index in [0.717, 1.165) is 0 Å². The summed E-state index contributed by atoms with van der Waals surface area (Å²) in [6.45, 7) is 1.48. The average molecular weight is 237 g/mol. The lowest BCUT2D eigenvalue weighted by atomic mass is 10.2. The Labute approximate surface area is 98.9 Å². The van der Waals surface area contributed by atoms with Crippen LogP contribution in [0.15, 0.2) is 18.2 Å². The Morgan fingerprint density at radius 2 is 1.76 bits per heavy atom. The summed E-state index contributed by atoms with van der Waals surface area (Å²) >= 11 is 0. The zero-order valence-electron chi connectivity index (χ0n) is 9.69. The largest absolute Gasteiger partial charge is 0.449 e. The molecule has 5 N–H and O–H groups in total. The Bertz CT molecular complexity index is 425. The molecular weight excluding hydrogens is 222 g/mol. The third-order valence-corrected chi connectivity index (χ3v) is 2.11. The topological polar surface area (TPSA) is 107 Å². The van der Waals surface area contributed by atoms with Gasteiger partial charge in [-0.1, -0.05) is 0 Å². The summed E-state index contributed by atoms with van der Waals surface area (Å²) in [4.78, 5) is 22.8. The Hall–Kier alpha value is -2.24. The molecule has 0 radical (unpaired) electrons. The molecule has 0 aliphatic heterocycles. The van der Waals surface area contributed by atoms with Crippen LogP contribution in [0.5, 0.6) is 0 Å². The third-order valence-electron chi connectivity index (χ3n) is 2.11. The van der Waals surface area contributed by atoms with E-state index in [9.17, 15) is 9.59 Å². The van der Waals surface area contributed by atoms with E-state index in [2.05, 4.69) is 5.32 Å². The van der Waals surface area contributed by atoms with Crippen LogP contribution >= 0.6 is 0 Å². The number of likely N-dealkylation sites (N-methyl/N-ethyl adjacent to an activating group) is 1. The minimum atomic E-state index is -0.866. The minimum absolute atomic E-state index is 0.221. The first kappa shape index (κ1) is 12.8. The summed E-state index contributed by atoms with van der Waals surface area (Å²) in [5, 5.41) is 2.38. The zero-order chi connectivity index (χ0) is 13.0. The van der Waals surface area contributed by atoms with Gasteiger partial charge in [0.25, 0.3) is 5.91 Å². The highest BCUT2D eigenvalue weighted by atomic mass is 16.5. The molecular formula is C11H15N3O3. The number of ether oxygens (including phenoxy) is 1. The Balaban J connectivity index is 2.79. The van der Waals surface area contributed by atoms with Crippen molar-refractivity contribution in [3.8, 4) is 0 Å². The van der Waals surface area contributed by atoms with Crippen LogP contribution in [0.1, 0.15) is 17.3 Å². The molecule has 0 saturated heterocycles. The lowest BCUT2D eigenvalue weighted by Gasteiger charge is -2.12. The van der Waals surface area contributed by atoms with Gasteiger partial charge in [-0.15, -0.1) is 0 Å². The van der Waals surface area contributed by atoms with Crippen LogP contribution in [0.4, 0.5) is 11.4 Å². The molecule has 1 aromatic rings. The molecule has 0 heterocycles. The number of nitrogens with two attached hydrogens (primary N) is 2. The number of rotatable bonds is 3. The highest BCUT2D eigenvalue weighted by Gasteiger charge is 2.17. The number of esters is 1. The second-order valence-corrected chi connectivity index (χ2v) is 3.55. The van der Waals surface area contributed by atoms with Gasteiger partial charge in [-0.05, 0) is 25.1 Å². The van der Waals surface area contributed by atoms with Crippen LogP contribution in [-0.2, 0) is 9.53 Å². The summed E-state index contributed by atoms with van der Waals surface area (Å²) < 4.78 is 4.94. The van der Waals surface area contributed by atoms with E-state index in [0.29, 0.717) is 11.4 Å². The lowest BCUT2D eigenvalue weighted by molar-refractivity contribution is -0.128. The number of amides is 1. The number of carbonyl (C=O) groups is 2. The van der Waals surface area contributed by atoms with E-state index in [1.807, 2.05) is 0 Å². The van der Waals surface area contributed by atoms with Gasteiger partial charge in [0.05, 0.1) is 5.56 Å². The lowest BCUT2D eigenvalue weighted by Crippen LogP contribution is -2.33. The fourth-order valence-corrected chi connectivity index (χ4v) is 1.28. The van der Waals surface area contributed by atoms with E-state index in [1.165, 1.54) is 32.2 Å². The van der Waals surface area contributed by atoms with Crippen molar-refractivity contribution < 1.29 is 14.3 Å². The summed E-state index contributed by atoms with van der Waals surface area (Å²) in [7, 11) is 1.46. The molecule has 92 valence electrons. The summed E-state index contributed by atoms with van der Waals surface area (Å²) in [5.74, 6) is -1.02. The second kappa shape index (κ2) is 5.20. The summed E-state index contributed by atoms with van der Waals surface area (Å²) in [6, 6.07) is 4.41. The standard InChI is InChI=1S/C11H15N3O3/c1-6(10(15)14-2)17-11(16)7-3-8(12)5-9(13)4-7/h3-6H,12-13H2,1-2H3,(H,14,15). The first-order valence-electron chi connectivity index (χ1n) is 5.02. The van der Waals surface area contributed by atoms with E-state index in [4.69, 9.17) is 16.2 Å². The van der Waals surface area contributed by atoms with Gasteiger partial charge in [-0.3, -0.25) is 4.79 Å². The predicted molar refractivity (Wildman–Crippen MR) is 64.2 cm³/mol. The molecule has 6 heteroatoms. The number of nitrogen functional groups attached to an aromatic ring is 2. The molecule has 0 aliphatic rings. The highest BCUT2D eigenvalue weighted by Crippen LogP contribution is 2.15. The Morgan fingerprint density at radius 1 is 1.24 bits per heavy atom. The van der Waals surface area contributed by atoms with Gasteiger partial charge in [0, 0.05) is 18.4 Å². The number of anilines is 2. The van der Waals surface area contributed by atoms with Crippen molar-refractivity contribution in [3.05, 3.63) is 23.8 Å². The maximum atomic E-state index is 11.7. The van der Waals surface area contributed by atoms with Crippen molar-refractivity contribution in [2.45, 2.75) is 13.0 Å². The van der Waals surface area contributed by atoms with Crippen LogP contribution in [0, 0.1) is 0 Å². The molecule has 1 amide bonds. The number of hydrogen-bond acceptors (Lipinski definition) is 5. The minimum Gasteiger partial charge on any atom is -0.449 e. The van der Waals surface area contributed by atoms with Crippen LogP contribution in [0.3, 0.4) is 0 Å². The van der Waals surface area contributed by atoms with Gasteiger partial charge in [0.2, 0.25) is 0 Å². The molecule has 0 saturated carbocycles. The molecule has 0 spiro atoms. The number of nitrogens with one attached hydrogen (secondary N) is 1. The van der Waals surface area contributed by atoms with Gasteiger partial charge in [0.1, 0.15) is 0 Å². The molecule has 1 unspecified atom stereocenters. The predicted octanol–water partition coefficient (Wildman–Crippen LogP) is 0.142. The quantitative estimate of drug-likeness (QED) is 0.512. The van der Waals surface area contributed by atoms with E-state index in [1.54, 1.807) is 0 Å². The maximum absolute atomic E-state index is 11.7. The van der Waals surface area contributed by atoms with Crippen LogP contribution in [-0.4, -0.2) is 25.0 Å². The molecule has 1 atom stereocenters. The van der Waals surface area contributed by atoms with Gasteiger partial charge in [-0.25, -0.2) is 4.79 Å².